The maximum absolute atomic E-state index is 13.3. The van der Waals surface area contributed by atoms with E-state index in [4.69, 9.17) is 128 Å². The monoisotopic (exact) mass is 1530 g/mol. The summed E-state index contributed by atoms with van der Waals surface area (Å²) in [4.78, 5) is 38.0. The first-order chi connectivity index (χ1) is 52.2. The van der Waals surface area contributed by atoms with E-state index >= 15 is 0 Å². The first-order valence-corrected chi connectivity index (χ1v) is 37.5. The van der Waals surface area contributed by atoms with E-state index in [1.165, 1.54) is 0 Å². The molecule has 0 spiro atoms. The molecule has 1 amide bonds. The number of hydrogen-bond donors (Lipinski definition) is 1. The van der Waals surface area contributed by atoms with Crippen LogP contribution in [-0.2, 0) is 151 Å². The Bertz CT molecular complexity index is 2180. The van der Waals surface area contributed by atoms with E-state index in [1.54, 1.807) is 0 Å². The number of ether oxygens (including phenoxy) is 27. The molecule has 616 valence electrons. The third kappa shape index (κ3) is 71.3. The van der Waals surface area contributed by atoms with Crippen LogP contribution in [0.4, 0.5) is 0 Å². The smallest absolute Gasteiger partial charge is 0.329 e. The maximum atomic E-state index is 13.3. The minimum atomic E-state index is -0.927. The lowest BCUT2D eigenvalue weighted by atomic mass is 10.1. The Balaban J connectivity index is 1.33. The second-order valence-corrected chi connectivity index (χ2v) is 23.7. The summed E-state index contributed by atoms with van der Waals surface area (Å²) in [6.45, 7) is 29.7. The molecule has 0 aromatic heterocycles. The quantitative estimate of drug-likeness (QED) is 0.0689. The van der Waals surface area contributed by atoms with Crippen molar-refractivity contribution in [1.82, 2.24) is 5.32 Å². The Morgan fingerprint density at radius 2 is 0.557 bits per heavy atom. The Kier molecular flexibility index (Phi) is 71.4. The molecule has 0 saturated heterocycles. The van der Waals surface area contributed by atoms with Crippen LogP contribution in [0.2, 0.25) is 0 Å². The van der Waals surface area contributed by atoms with Gasteiger partial charge in [0.2, 0.25) is 5.91 Å². The summed E-state index contributed by atoms with van der Waals surface area (Å²) in [5, 5.41) is 2.83. The predicted octanol–water partition coefficient (Wildman–Crippen LogP) is 4.77. The van der Waals surface area contributed by atoms with Crippen molar-refractivity contribution in [2.75, 3.05) is 324 Å². The second-order valence-electron chi connectivity index (χ2n) is 23.7. The number of benzene rings is 2. The molecule has 1 N–H and O–H groups in total. The Morgan fingerprint density at radius 1 is 0.302 bits per heavy atom. The van der Waals surface area contributed by atoms with Crippen LogP contribution in [0.5, 0.6) is 5.75 Å². The number of rotatable bonds is 84. The van der Waals surface area contributed by atoms with Gasteiger partial charge in [-0.1, -0.05) is 49.4 Å². The number of esters is 2. The third-order valence-corrected chi connectivity index (χ3v) is 13.6. The van der Waals surface area contributed by atoms with Gasteiger partial charge >= 0.3 is 11.9 Å². The molecular formula is C75H131NO30. The number of amides is 1. The molecule has 0 aliphatic rings. The average molecular weight is 1530 g/mol. The number of nitrogens with one attached hydrogen (secondary N) is 1. The van der Waals surface area contributed by atoms with Crippen LogP contribution in [-0.4, -0.2) is 353 Å². The largest absolute Gasteiger partial charge is 0.491 e. The zero-order valence-corrected chi connectivity index (χ0v) is 64.2. The van der Waals surface area contributed by atoms with Gasteiger partial charge in [-0.25, -0.2) is 4.79 Å². The molecule has 31 nitrogen and oxygen atoms in total. The fraction of sp³-hybridized carbons (Fsp3) is 0.800. The summed E-state index contributed by atoms with van der Waals surface area (Å²) in [6, 6.07) is 15.7. The first kappa shape index (κ1) is 97.8. The van der Waals surface area contributed by atoms with Crippen molar-refractivity contribution >= 4 is 17.8 Å². The van der Waals surface area contributed by atoms with Gasteiger partial charge in [-0.3, -0.25) is 9.59 Å². The van der Waals surface area contributed by atoms with Gasteiger partial charge < -0.3 is 133 Å². The molecule has 0 radical (unpaired) electrons. The van der Waals surface area contributed by atoms with Crippen molar-refractivity contribution < 1.29 is 142 Å². The fourth-order valence-electron chi connectivity index (χ4n) is 8.36. The van der Waals surface area contributed by atoms with Crippen LogP contribution in [0.1, 0.15) is 58.1 Å². The van der Waals surface area contributed by atoms with Crippen LogP contribution in [0.25, 0.3) is 0 Å². The van der Waals surface area contributed by atoms with Crippen LogP contribution in [0.15, 0.2) is 54.6 Å². The van der Waals surface area contributed by atoms with Gasteiger partial charge in [0, 0.05) is 19.4 Å². The fourth-order valence-corrected chi connectivity index (χ4v) is 8.36. The molecule has 0 unspecified atom stereocenters. The van der Waals surface area contributed by atoms with Gasteiger partial charge in [0.15, 0.2) is 0 Å². The molecule has 106 heavy (non-hydrogen) atoms. The van der Waals surface area contributed by atoms with Crippen molar-refractivity contribution in [1.29, 1.82) is 0 Å². The van der Waals surface area contributed by atoms with E-state index in [1.807, 2.05) is 75.4 Å². The molecule has 2 aromatic carbocycles. The van der Waals surface area contributed by atoms with Crippen LogP contribution < -0.4 is 10.1 Å². The molecular weight excluding hydrogens is 1390 g/mol. The summed E-state index contributed by atoms with van der Waals surface area (Å²) in [7, 11) is 0. The lowest BCUT2D eigenvalue weighted by Gasteiger charge is -2.19. The van der Waals surface area contributed by atoms with Crippen LogP contribution in [0.3, 0.4) is 0 Å². The SMILES string of the molecule is CCCOCCOCCOCCOCCOCCOCCOCCOCCOCCOCCOCCOCCC(=O)N[C@@H](Cc1ccc(OCCOCCOCCOCCOCCOCCOCCOCCOCCOCCOCCOCCOCCC(=O)OC(C)(C)C)cc1)C(=O)OCc1ccccc1. The van der Waals surface area contributed by atoms with Gasteiger partial charge in [-0.2, -0.15) is 0 Å². The molecule has 0 bridgehead atoms. The standard InChI is InChI=1S/C75H131NO30/c1-5-17-80-20-23-83-26-29-86-32-35-89-38-41-92-44-47-95-50-51-96-48-45-93-42-39-90-36-33-87-30-27-84-24-21-81-18-15-72(77)76-71(74(79)105-67-69-9-7-6-8-10-69)66-68-11-13-70(14-12-68)104-65-64-103-63-62-102-61-60-101-59-58-100-57-56-99-55-54-98-53-52-97-49-46-94-43-40-91-37-34-88-31-28-85-25-22-82-19-16-73(78)106-75(2,3)4/h6-14,71H,5,15-67H2,1-4H3,(H,76,77)/t71-/m0/s1. The molecule has 0 aliphatic carbocycles. The lowest BCUT2D eigenvalue weighted by Crippen LogP contribution is -2.43. The zero-order valence-electron chi connectivity index (χ0n) is 64.2. The van der Waals surface area contributed by atoms with E-state index in [0.29, 0.717) is 310 Å². The molecule has 1 atom stereocenters. The summed E-state index contributed by atoms with van der Waals surface area (Å²) in [6.07, 6.45) is 1.48. The summed E-state index contributed by atoms with van der Waals surface area (Å²) >= 11 is 0. The minimum Gasteiger partial charge on any atom is -0.491 e. The van der Waals surface area contributed by atoms with E-state index in [9.17, 15) is 14.4 Å². The van der Waals surface area contributed by atoms with Crippen molar-refractivity contribution in [3.05, 3.63) is 65.7 Å². The predicted molar refractivity (Wildman–Crippen MR) is 389 cm³/mol. The van der Waals surface area contributed by atoms with Crippen molar-refractivity contribution in [3.63, 3.8) is 0 Å². The Hall–Kier alpha value is -4.31. The number of carbonyl (C=O) groups excluding carboxylic acids is 3. The highest BCUT2D eigenvalue weighted by Gasteiger charge is 2.23. The van der Waals surface area contributed by atoms with Gasteiger partial charge in [0.1, 0.15) is 30.6 Å². The third-order valence-electron chi connectivity index (χ3n) is 13.6. The molecule has 0 fully saturated rings. The van der Waals surface area contributed by atoms with E-state index in [0.717, 1.165) is 24.2 Å². The molecule has 2 rings (SSSR count). The second kappa shape index (κ2) is 77.4. The Morgan fingerprint density at radius 3 is 0.830 bits per heavy atom. The first-order valence-electron chi connectivity index (χ1n) is 37.5. The molecule has 2 aromatic rings. The van der Waals surface area contributed by atoms with Crippen molar-refractivity contribution in [2.24, 2.45) is 0 Å². The summed E-state index contributed by atoms with van der Waals surface area (Å²) in [5.41, 5.74) is 1.15. The summed E-state index contributed by atoms with van der Waals surface area (Å²) in [5.74, 6) is -0.539. The maximum Gasteiger partial charge on any atom is 0.329 e. The highest BCUT2D eigenvalue weighted by atomic mass is 16.6. The van der Waals surface area contributed by atoms with Crippen molar-refractivity contribution in [2.45, 2.75) is 71.6 Å². The van der Waals surface area contributed by atoms with Crippen molar-refractivity contribution in [3.8, 4) is 5.75 Å². The normalized spacial score (nSPS) is 12.0. The zero-order chi connectivity index (χ0) is 75.9. The van der Waals surface area contributed by atoms with Gasteiger partial charge in [0.05, 0.1) is 317 Å². The molecule has 0 saturated carbocycles. The highest BCUT2D eigenvalue weighted by Crippen LogP contribution is 2.15. The van der Waals surface area contributed by atoms with Crippen LogP contribution >= 0.6 is 0 Å². The van der Waals surface area contributed by atoms with Gasteiger partial charge in [-0.15, -0.1) is 0 Å². The van der Waals surface area contributed by atoms with E-state index in [2.05, 4.69) is 12.2 Å². The Labute approximate surface area is 630 Å². The van der Waals surface area contributed by atoms with Crippen LogP contribution in [0, 0.1) is 0 Å². The number of carbonyl (C=O) groups is 3. The minimum absolute atomic E-state index is 0.0445. The summed E-state index contributed by atoms with van der Waals surface area (Å²) < 4.78 is 149. The highest BCUT2D eigenvalue weighted by molar-refractivity contribution is 5.84. The van der Waals surface area contributed by atoms with Gasteiger partial charge in [0.25, 0.3) is 0 Å². The van der Waals surface area contributed by atoms with E-state index < -0.39 is 17.6 Å². The topological polar surface area (TPSA) is 312 Å². The molecule has 0 heterocycles. The number of hydrogen-bond acceptors (Lipinski definition) is 30. The lowest BCUT2D eigenvalue weighted by molar-refractivity contribution is -0.156. The van der Waals surface area contributed by atoms with E-state index in [-0.39, 0.29) is 51.0 Å². The molecule has 0 aliphatic heterocycles. The average Bonchev–Trinajstić information content (AvgIpc) is 0.874. The molecule has 31 heteroatoms. The van der Waals surface area contributed by atoms with Gasteiger partial charge in [-0.05, 0) is 50.5 Å².